The number of methoxy groups -OCH3 is 1. The van der Waals surface area contributed by atoms with Gasteiger partial charge in [0.05, 0.1) is 17.7 Å². The van der Waals surface area contributed by atoms with Crippen LogP contribution in [0.5, 0.6) is 5.75 Å². The van der Waals surface area contributed by atoms with Crippen LogP contribution < -0.4 is 15.8 Å². The molecule has 5 heteroatoms. The molecule has 0 atom stereocenters. The van der Waals surface area contributed by atoms with E-state index in [1.165, 1.54) is 0 Å². The predicted octanol–water partition coefficient (Wildman–Crippen LogP) is 3.17. The first kappa shape index (κ1) is 15.2. The molecule has 0 aliphatic carbocycles. The standard InChI is InChI=1S/C16H17ClN2O2/c1-10-3-5-13(14(17)7-10)16(20)19-9-11-8-12(18)4-6-15(11)21-2/h3-8H,9,18H2,1-2H3,(H,19,20). The zero-order valence-corrected chi connectivity index (χ0v) is 12.7. The summed E-state index contributed by atoms with van der Waals surface area (Å²) in [5.41, 5.74) is 8.64. The maximum absolute atomic E-state index is 12.2. The molecule has 0 aliphatic heterocycles. The van der Waals surface area contributed by atoms with Gasteiger partial charge < -0.3 is 15.8 Å². The average molecular weight is 305 g/mol. The molecule has 0 saturated carbocycles. The van der Waals surface area contributed by atoms with Crippen molar-refractivity contribution >= 4 is 23.2 Å². The van der Waals surface area contributed by atoms with Crippen LogP contribution in [0.2, 0.25) is 5.02 Å². The van der Waals surface area contributed by atoms with Crippen LogP contribution in [0, 0.1) is 6.92 Å². The molecule has 0 unspecified atom stereocenters. The molecule has 0 saturated heterocycles. The van der Waals surface area contributed by atoms with E-state index in [4.69, 9.17) is 22.1 Å². The number of anilines is 1. The molecule has 2 aromatic carbocycles. The Bertz CT molecular complexity index is 671. The summed E-state index contributed by atoms with van der Waals surface area (Å²) in [6, 6.07) is 10.6. The fraction of sp³-hybridized carbons (Fsp3) is 0.188. The number of nitrogen functional groups attached to an aromatic ring is 1. The lowest BCUT2D eigenvalue weighted by atomic mass is 10.1. The Kier molecular flexibility index (Phi) is 4.70. The van der Waals surface area contributed by atoms with Gasteiger partial charge in [-0.2, -0.15) is 0 Å². The van der Waals surface area contributed by atoms with Crippen LogP contribution in [-0.2, 0) is 6.54 Å². The molecule has 110 valence electrons. The minimum absolute atomic E-state index is 0.232. The number of rotatable bonds is 4. The Labute approximate surface area is 128 Å². The summed E-state index contributed by atoms with van der Waals surface area (Å²) in [5, 5.41) is 3.26. The highest BCUT2D eigenvalue weighted by molar-refractivity contribution is 6.33. The lowest BCUT2D eigenvalue weighted by Crippen LogP contribution is -2.23. The van der Waals surface area contributed by atoms with E-state index < -0.39 is 0 Å². The second-order valence-electron chi connectivity index (χ2n) is 4.74. The van der Waals surface area contributed by atoms with E-state index in [0.717, 1.165) is 11.1 Å². The molecular weight excluding hydrogens is 288 g/mol. The largest absolute Gasteiger partial charge is 0.496 e. The summed E-state index contributed by atoms with van der Waals surface area (Å²) in [4.78, 5) is 12.2. The topological polar surface area (TPSA) is 64.3 Å². The normalized spacial score (nSPS) is 10.2. The van der Waals surface area contributed by atoms with E-state index in [2.05, 4.69) is 5.32 Å². The molecule has 0 bridgehead atoms. The van der Waals surface area contributed by atoms with Crippen molar-refractivity contribution in [1.82, 2.24) is 5.32 Å². The summed E-state index contributed by atoms with van der Waals surface area (Å²) in [7, 11) is 1.58. The molecule has 21 heavy (non-hydrogen) atoms. The molecular formula is C16H17ClN2O2. The Morgan fingerprint density at radius 1 is 1.29 bits per heavy atom. The van der Waals surface area contributed by atoms with E-state index >= 15 is 0 Å². The quantitative estimate of drug-likeness (QED) is 0.853. The summed E-state index contributed by atoms with van der Waals surface area (Å²) in [6.07, 6.45) is 0. The van der Waals surface area contributed by atoms with Gasteiger partial charge in [0, 0.05) is 17.8 Å². The smallest absolute Gasteiger partial charge is 0.253 e. The Balaban J connectivity index is 2.12. The van der Waals surface area contributed by atoms with Gasteiger partial charge in [-0.05, 0) is 42.8 Å². The number of benzene rings is 2. The lowest BCUT2D eigenvalue weighted by molar-refractivity contribution is 0.0951. The van der Waals surface area contributed by atoms with Crippen LogP contribution in [-0.4, -0.2) is 13.0 Å². The van der Waals surface area contributed by atoms with Crippen molar-refractivity contribution in [3.63, 3.8) is 0 Å². The van der Waals surface area contributed by atoms with Crippen LogP contribution in [0.3, 0.4) is 0 Å². The van der Waals surface area contributed by atoms with Gasteiger partial charge in [-0.3, -0.25) is 4.79 Å². The fourth-order valence-corrected chi connectivity index (χ4v) is 2.33. The third-order valence-electron chi connectivity index (χ3n) is 3.11. The van der Waals surface area contributed by atoms with Gasteiger partial charge in [-0.1, -0.05) is 17.7 Å². The summed E-state index contributed by atoms with van der Waals surface area (Å²) in [5.74, 6) is 0.448. The van der Waals surface area contributed by atoms with Crippen molar-refractivity contribution < 1.29 is 9.53 Å². The minimum atomic E-state index is -0.232. The number of carbonyl (C=O) groups excluding carboxylic acids is 1. The molecule has 1 amide bonds. The van der Waals surface area contributed by atoms with E-state index in [1.54, 1.807) is 37.4 Å². The van der Waals surface area contributed by atoms with Crippen molar-refractivity contribution in [1.29, 1.82) is 0 Å². The number of halogens is 1. The zero-order chi connectivity index (χ0) is 15.4. The molecule has 3 N–H and O–H groups in total. The fourth-order valence-electron chi connectivity index (χ4n) is 2.01. The number of nitrogens with one attached hydrogen (secondary N) is 1. The second kappa shape index (κ2) is 6.50. The monoisotopic (exact) mass is 304 g/mol. The molecule has 2 rings (SSSR count). The van der Waals surface area contributed by atoms with E-state index in [0.29, 0.717) is 28.6 Å². The van der Waals surface area contributed by atoms with Gasteiger partial charge in [0.15, 0.2) is 0 Å². The first-order chi connectivity index (χ1) is 10.0. The highest BCUT2D eigenvalue weighted by Gasteiger charge is 2.11. The summed E-state index contributed by atoms with van der Waals surface area (Å²) in [6.45, 7) is 2.24. The molecule has 0 fully saturated rings. The number of hydrogen-bond acceptors (Lipinski definition) is 3. The number of ether oxygens (including phenoxy) is 1. The first-order valence-electron chi connectivity index (χ1n) is 6.48. The van der Waals surface area contributed by atoms with Gasteiger partial charge in [0.1, 0.15) is 5.75 Å². The van der Waals surface area contributed by atoms with E-state index in [-0.39, 0.29) is 5.91 Å². The number of aryl methyl sites for hydroxylation is 1. The molecule has 0 heterocycles. The van der Waals surface area contributed by atoms with Crippen LogP contribution in [0.4, 0.5) is 5.69 Å². The molecule has 0 spiro atoms. The number of amides is 1. The predicted molar refractivity (Wildman–Crippen MR) is 84.8 cm³/mol. The van der Waals surface area contributed by atoms with Crippen LogP contribution >= 0.6 is 11.6 Å². The van der Waals surface area contributed by atoms with Crippen molar-refractivity contribution in [2.75, 3.05) is 12.8 Å². The summed E-state index contributed by atoms with van der Waals surface area (Å²) >= 11 is 6.08. The Morgan fingerprint density at radius 3 is 2.71 bits per heavy atom. The average Bonchev–Trinajstić information content (AvgIpc) is 2.45. The lowest BCUT2D eigenvalue weighted by Gasteiger charge is -2.11. The zero-order valence-electron chi connectivity index (χ0n) is 11.9. The van der Waals surface area contributed by atoms with Crippen molar-refractivity contribution in [2.45, 2.75) is 13.5 Å². The van der Waals surface area contributed by atoms with E-state index in [1.807, 2.05) is 13.0 Å². The number of hydrogen-bond donors (Lipinski definition) is 2. The molecule has 0 aliphatic rings. The van der Waals surface area contributed by atoms with Gasteiger partial charge in [0.25, 0.3) is 5.91 Å². The van der Waals surface area contributed by atoms with Crippen molar-refractivity contribution in [2.24, 2.45) is 0 Å². The minimum Gasteiger partial charge on any atom is -0.496 e. The van der Waals surface area contributed by atoms with Gasteiger partial charge in [-0.25, -0.2) is 0 Å². The Morgan fingerprint density at radius 2 is 2.05 bits per heavy atom. The Hall–Kier alpha value is -2.20. The second-order valence-corrected chi connectivity index (χ2v) is 5.14. The molecule has 4 nitrogen and oxygen atoms in total. The van der Waals surface area contributed by atoms with Crippen molar-refractivity contribution in [3.05, 3.63) is 58.1 Å². The highest BCUT2D eigenvalue weighted by Crippen LogP contribution is 2.22. The number of nitrogens with two attached hydrogens (primary N) is 1. The van der Waals surface area contributed by atoms with Gasteiger partial charge in [0.2, 0.25) is 0 Å². The maximum Gasteiger partial charge on any atom is 0.253 e. The van der Waals surface area contributed by atoms with Crippen LogP contribution in [0.15, 0.2) is 36.4 Å². The summed E-state index contributed by atoms with van der Waals surface area (Å²) < 4.78 is 5.24. The third-order valence-corrected chi connectivity index (χ3v) is 3.43. The molecule has 0 radical (unpaired) electrons. The third kappa shape index (κ3) is 3.67. The molecule has 0 aromatic heterocycles. The van der Waals surface area contributed by atoms with Crippen LogP contribution in [0.25, 0.3) is 0 Å². The maximum atomic E-state index is 12.2. The van der Waals surface area contributed by atoms with Gasteiger partial charge in [-0.15, -0.1) is 0 Å². The number of carbonyl (C=O) groups is 1. The van der Waals surface area contributed by atoms with Crippen LogP contribution in [0.1, 0.15) is 21.5 Å². The van der Waals surface area contributed by atoms with E-state index in [9.17, 15) is 4.79 Å². The van der Waals surface area contributed by atoms with Crippen molar-refractivity contribution in [3.8, 4) is 5.75 Å². The molecule has 2 aromatic rings. The first-order valence-corrected chi connectivity index (χ1v) is 6.86. The highest BCUT2D eigenvalue weighted by atomic mass is 35.5. The SMILES string of the molecule is COc1ccc(N)cc1CNC(=O)c1ccc(C)cc1Cl. The van der Waals surface area contributed by atoms with Gasteiger partial charge >= 0.3 is 0 Å².